The molecule has 4 aromatic rings. The van der Waals surface area contributed by atoms with Gasteiger partial charge in [-0.2, -0.15) is 8.78 Å². The summed E-state index contributed by atoms with van der Waals surface area (Å²) in [6, 6.07) is 16.6. The lowest BCUT2D eigenvalue weighted by molar-refractivity contribution is -0.0498. The van der Waals surface area contributed by atoms with Gasteiger partial charge in [-0.05, 0) is 42.0 Å². The standard InChI is InChI=1S/C21H17F2N3O4/c22-21(23)29-15-4-1-13(2-5-15)11-24-19-10-17(30-26-19)12-28-16-6-7-18-14(9-16)3-8-20(27)25-18/h1-10,21H,11-12H2,(H,24,26)(H,25,27). The number of alkyl halides is 2. The predicted octanol–water partition coefficient (Wildman–Crippen LogP) is 4.31. The second-order valence-electron chi connectivity index (χ2n) is 6.41. The highest BCUT2D eigenvalue weighted by atomic mass is 19.3. The lowest BCUT2D eigenvalue weighted by Crippen LogP contribution is -2.03. The van der Waals surface area contributed by atoms with Gasteiger partial charge in [-0.25, -0.2) is 0 Å². The summed E-state index contributed by atoms with van der Waals surface area (Å²) in [5.74, 6) is 1.79. The molecule has 154 valence electrons. The van der Waals surface area contributed by atoms with Gasteiger partial charge >= 0.3 is 6.61 Å². The van der Waals surface area contributed by atoms with Crippen molar-refractivity contribution in [2.45, 2.75) is 19.8 Å². The Kier molecular flexibility index (Phi) is 5.60. The first-order chi connectivity index (χ1) is 14.5. The molecule has 2 N–H and O–H groups in total. The first-order valence-electron chi connectivity index (χ1n) is 9.04. The Morgan fingerprint density at radius 1 is 1.03 bits per heavy atom. The zero-order valence-electron chi connectivity index (χ0n) is 15.6. The van der Waals surface area contributed by atoms with Gasteiger partial charge in [0.05, 0.1) is 0 Å². The van der Waals surface area contributed by atoms with Crippen molar-refractivity contribution < 1.29 is 22.8 Å². The van der Waals surface area contributed by atoms with E-state index in [9.17, 15) is 13.6 Å². The van der Waals surface area contributed by atoms with Gasteiger partial charge in [0.2, 0.25) is 5.56 Å². The van der Waals surface area contributed by atoms with Gasteiger partial charge in [-0.15, -0.1) is 0 Å². The molecule has 7 nitrogen and oxygen atoms in total. The maximum absolute atomic E-state index is 12.2. The van der Waals surface area contributed by atoms with E-state index >= 15 is 0 Å². The number of hydrogen-bond acceptors (Lipinski definition) is 6. The summed E-state index contributed by atoms with van der Waals surface area (Å²) in [7, 11) is 0. The summed E-state index contributed by atoms with van der Waals surface area (Å²) in [4.78, 5) is 14.1. The van der Waals surface area contributed by atoms with E-state index in [4.69, 9.17) is 9.26 Å². The highest BCUT2D eigenvalue weighted by molar-refractivity contribution is 5.79. The van der Waals surface area contributed by atoms with Crippen molar-refractivity contribution in [2.24, 2.45) is 0 Å². The summed E-state index contributed by atoms with van der Waals surface area (Å²) >= 11 is 0. The lowest BCUT2D eigenvalue weighted by atomic mass is 10.2. The van der Waals surface area contributed by atoms with Crippen LogP contribution in [0.15, 0.2) is 70.0 Å². The highest BCUT2D eigenvalue weighted by Crippen LogP contribution is 2.20. The van der Waals surface area contributed by atoms with E-state index in [1.165, 1.54) is 18.2 Å². The monoisotopic (exact) mass is 413 g/mol. The highest BCUT2D eigenvalue weighted by Gasteiger charge is 2.07. The number of fused-ring (bicyclic) bond motifs is 1. The number of pyridine rings is 1. The number of aromatic amines is 1. The molecule has 0 saturated heterocycles. The van der Waals surface area contributed by atoms with Crippen molar-refractivity contribution in [1.82, 2.24) is 10.1 Å². The zero-order chi connectivity index (χ0) is 20.9. The maximum atomic E-state index is 12.2. The molecule has 0 amide bonds. The number of halogens is 2. The molecule has 0 spiro atoms. The Bertz CT molecular complexity index is 1190. The maximum Gasteiger partial charge on any atom is 0.387 e. The number of benzene rings is 2. The Labute approximate surface area is 169 Å². The van der Waals surface area contributed by atoms with Crippen LogP contribution in [0, 0.1) is 0 Å². The van der Waals surface area contributed by atoms with Crippen LogP contribution >= 0.6 is 0 Å². The summed E-state index contributed by atoms with van der Waals surface area (Å²) in [6.07, 6.45) is 0. The van der Waals surface area contributed by atoms with Crippen LogP contribution in [0.25, 0.3) is 10.9 Å². The lowest BCUT2D eigenvalue weighted by Gasteiger charge is -2.06. The van der Waals surface area contributed by atoms with Crippen molar-refractivity contribution in [1.29, 1.82) is 0 Å². The van der Waals surface area contributed by atoms with E-state index < -0.39 is 6.61 Å². The van der Waals surface area contributed by atoms with Crippen LogP contribution in [0.5, 0.6) is 11.5 Å². The molecule has 2 aromatic heterocycles. The van der Waals surface area contributed by atoms with Gasteiger partial charge in [-0.3, -0.25) is 4.79 Å². The Hall–Kier alpha value is -3.88. The molecule has 2 aromatic carbocycles. The average molecular weight is 413 g/mol. The van der Waals surface area contributed by atoms with Crippen LogP contribution in [0.1, 0.15) is 11.3 Å². The van der Waals surface area contributed by atoms with E-state index in [2.05, 4.69) is 20.2 Å². The van der Waals surface area contributed by atoms with Crippen LogP contribution in [0.3, 0.4) is 0 Å². The molecule has 0 aliphatic heterocycles. The molecular formula is C21H17F2N3O4. The van der Waals surface area contributed by atoms with E-state index in [0.29, 0.717) is 23.9 Å². The molecule has 0 radical (unpaired) electrons. The second-order valence-corrected chi connectivity index (χ2v) is 6.41. The zero-order valence-corrected chi connectivity index (χ0v) is 15.6. The first-order valence-corrected chi connectivity index (χ1v) is 9.04. The minimum absolute atomic E-state index is 0.106. The Balaban J connectivity index is 1.31. The fraction of sp³-hybridized carbons (Fsp3) is 0.143. The van der Waals surface area contributed by atoms with Crippen LogP contribution < -0.4 is 20.3 Å². The van der Waals surface area contributed by atoms with E-state index in [0.717, 1.165) is 16.5 Å². The molecule has 0 unspecified atom stereocenters. The van der Waals surface area contributed by atoms with E-state index in [1.54, 1.807) is 36.4 Å². The number of anilines is 1. The number of hydrogen-bond donors (Lipinski definition) is 2. The van der Waals surface area contributed by atoms with Gasteiger partial charge in [0, 0.05) is 29.6 Å². The van der Waals surface area contributed by atoms with E-state index in [1.807, 2.05) is 6.07 Å². The molecule has 0 aliphatic carbocycles. The van der Waals surface area contributed by atoms with Gasteiger partial charge in [-0.1, -0.05) is 17.3 Å². The number of nitrogens with one attached hydrogen (secondary N) is 2. The van der Waals surface area contributed by atoms with Crippen molar-refractivity contribution >= 4 is 16.7 Å². The van der Waals surface area contributed by atoms with Crippen molar-refractivity contribution in [3.8, 4) is 11.5 Å². The molecule has 0 saturated carbocycles. The van der Waals surface area contributed by atoms with Crippen molar-refractivity contribution in [3.63, 3.8) is 0 Å². The fourth-order valence-electron chi connectivity index (χ4n) is 2.82. The minimum Gasteiger partial charge on any atom is -0.486 e. The minimum atomic E-state index is -2.84. The average Bonchev–Trinajstić information content (AvgIpc) is 3.19. The molecule has 4 rings (SSSR count). The smallest absolute Gasteiger partial charge is 0.387 e. The fourth-order valence-corrected chi connectivity index (χ4v) is 2.82. The Morgan fingerprint density at radius 3 is 2.63 bits per heavy atom. The van der Waals surface area contributed by atoms with Gasteiger partial charge in [0.25, 0.3) is 0 Å². The Morgan fingerprint density at radius 2 is 1.83 bits per heavy atom. The normalized spacial score (nSPS) is 11.0. The molecule has 0 fully saturated rings. The molecule has 0 aliphatic rings. The number of ether oxygens (including phenoxy) is 2. The molecule has 2 heterocycles. The third-order valence-electron chi connectivity index (χ3n) is 4.26. The van der Waals surface area contributed by atoms with E-state index in [-0.39, 0.29) is 17.9 Å². The first kappa shape index (κ1) is 19.4. The quantitative estimate of drug-likeness (QED) is 0.448. The number of rotatable bonds is 8. The number of H-pyrrole nitrogens is 1. The summed E-state index contributed by atoms with van der Waals surface area (Å²) in [6.45, 7) is -2.23. The third-order valence-corrected chi connectivity index (χ3v) is 4.26. The van der Waals surface area contributed by atoms with Crippen LogP contribution in [0.4, 0.5) is 14.6 Å². The molecule has 30 heavy (non-hydrogen) atoms. The molecule has 0 bridgehead atoms. The van der Waals surface area contributed by atoms with Crippen LogP contribution in [-0.4, -0.2) is 16.8 Å². The summed E-state index contributed by atoms with van der Waals surface area (Å²) in [5.41, 5.74) is 1.44. The summed E-state index contributed by atoms with van der Waals surface area (Å²) < 4.78 is 39.6. The molecule has 9 heteroatoms. The predicted molar refractivity (Wildman–Crippen MR) is 106 cm³/mol. The van der Waals surface area contributed by atoms with Crippen molar-refractivity contribution in [3.05, 3.63) is 82.3 Å². The number of nitrogens with zero attached hydrogens (tertiary/aromatic N) is 1. The molecule has 0 atom stereocenters. The summed E-state index contributed by atoms with van der Waals surface area (Å²) in [5, 5.41) is 7.87. The molecular weight excluding hydrogens is 396 g/mol. The van der Waals surface area contributed by atoms with Gasteiger partial charge in [0.1, 0.15) is 18.1 Å². The van der Waals surface area contributed by atoms with Crippen molar-refractivity contribution in [2.75, 3.05) is 5.32 Å². The number of aromatic nitrogens is 2. The largest absolute Gasteiger partial charge is 0.486 e. The SMILES string of the molecule is O=c1ccc2cc(OCc3cc(NCc4ccc(OC(F)F)cc4)no3)ccc2[nH]1. The van der Waals surface area contributed by atoms with Gasteiger partial charge < -0.3 is 24.3 Å². The van der Waals surface area contributed by atoms with Crippen LogP contribution in [-0.2, 0) is 13.2 Å². The topological polar surface area (TPSA) is 89.4 Å². The van der Waals surface area contributed by atoms with Gasteiger partial charge in [0.15, 0.2) is 11.6 Å². The van der Waals surface area contributed by atoms with Crippen LogP contribution in [0.2, 0.25) is 0 Å². The second kappa shape index (κ2) is 8.64. The third kappa shape index (κ3) is 4.93.